The maximum atomic E-state index is 13.1. The van der Waals surface area contributed by atoms with Crippen molar-refractivity contribution < 1.29 is 23.8 Å². The number of aromatic nitrogens is 3. The second-order valence-electron chi connectivity index (χ2n) is 9.99. The lowest BCUT2D eigenvalue weighted by Crippen LogP contribution is -2.22. The van der Waals surface area contributed by atoms with Gasteiger partial charge in [-0.2, -0.15) is 5.10 Å². The molecule has 0 aliphatic carbocycles. The van der Waals surface area contributed by atoms with Gasteiger partial charge in [0.1, 0.15) is 36.3 Å². The zero-order valence-electron chi connectivity index (χ0n) is 25.2. The summed E-state index contributed by atoms with van der Waals surface area (Å²) in [6.45, 7) is 6.23. The quantitative estimate of drug-likeness (QED) is 0.174. The number of carbonyl (C=O) groups is 2. The Labute approximate surface area is 251 Å². The summed E-state index contributed by atoms with van der Waals surface area (Å²) in [4.78, 5) is 29.1. The number of hydrogen-bond donors (Lipinski definition) is 3. The number of hydrogen-bond acceptors (Lipinski definition) is 7. The molecule has 11 nitrogen and oxygen atoms in total. The molecule has 226 valence electrons. The number of unbranched alkanes of at least 4 members (excludes halogenated alkanes) is 1. The number of benzene rings is 2. The van der Waals surface area contributed by atoms with Crippen LogP contribution in [0.1, 0.15) is 42.1 Å². The molecule has 4 aromatic rings. The van der Waals surface area contributed by atoms with Crippen LogP contribution in [0.25, 0.3) is 5.69 Å². The number of nitrogens with zero attached hydrogens (tertiary/aromatic N) is 3. The smallest absolute Gasteiger partial charge is 0.324 e. The first kappa shape index (κ1) is 31.0. The van der Waals surface area contributed by atoms with Crippen LogP contribution in [0.2, 0.25) is 0 Å². The lowest BCUT2D eigenvalue weighted by Gasteiger charge is -2.16. The molecule has 3 N–H and O–H groups in total. The zero-order chi connectivity index (χ0) is 30.8. The minimum Gasteiger partial charge on any atom is -0.497 e. The van der Waals surface area contributed by atoms with Gasteiger partial charge in [-0.1, -0.05) is 13.3 Å². The minimum atomic E-state index is -0.382. The standard InChI is InChI=1S/C32H38N6O5/c1-6-7-8-24-18-30(38(37-24)25-9-11-26(42-5)12-10-25)36-32(40)34-27-13-14-28(22(3)21(27)2)43-19-23-15-16-33-29(17-23)35-31(39)20-41-4/h9-18H,6-8,19-20H2,1-5H3,(H,33,35,39)(H2,34,36,40). The van der Waals surface area contributed by atoms with E-state index in [0.29, 0.717) is 23.1 Å². The van der Waals surface area contributed by atoms with E-state index in [2.05, 4.69) is 27.9 Å². The largest absolute Gasteiger partial charge is 0.497 e. The fourth-order valence-electron chi connectivity index (χ4n) is 4.38. The van der Waals surface area contributed by atoms with Crippen molar-refractivity contribution >= 4 is 29.3 Å². The molecule has 2 aromatic carbocycles. The molecule has 0 saturated carbocycles. The normalized spacial score (nSPS) is 10.7. The Morgan fingerprint density at radius 3 is 2.44 bits per heavy atom. The summed E-state index contributed by atoms with van der Waals surface area (Å²) in [5.74, 6) is 2.13. The predicted molar refractivity (Wildman–Crippen MR) is 166 cm³/mol. The topological polar surface area (TPSA) is 129 Å². The van der Waals surface area contributed by atoms with E-state index in [1.165, 1.54) is 7.11 Å². The molecule has 11 heteroatoms. The Hall–Kier alpha value is -4.90. The van der Waals surface area contributed by atoms with Gasteiger partial charge in [0.05, 0.1) is 18.5 Å². The molecule has 0 radical (unpaired) electrons. The highest BCUT2D eigenvalue weighted by molar-refractivity contribution is 6.00. The van der Waals surface area contributed by atoms with Gasteiger partial charge >= 0.3 is 6.03 Å². The second-order valence-corrected chi connectivity index (χ2v) is 9.99. The summed E-state index contributed by atoms with van der Waals surface area (Å²) >= 11 is 0. The molecule has 0 saturated heterocycles. The fourth-order valence-corrected chi connectivity index (χ4v) is 4.38. The molecule has 0 aliphatic rings. The summed E-state index contributed by atoms with van der Waals surface area (Å²) in [6, 6.07) is 16.2. The van der Waals surface area contributed by atoms with Crippen LogP contribution in [0.3, 0.4) is 0 Å². The van der Waals surface area contributed by atoms with Gasteiger partial charge in [0.15, 0.2) is 0 Å². The van der Waals surface area contributed by atoms with Crippen molar-refractivity contribution in [2.45, 2.75) is 46.6 Å². The molecule has 4 rings (SSSR count). The lowest BCUT2D eigenvalue weighted by molar-refractivity contribution is -0.119. The monoisotopic (exact) mass is 586 g/mol. The highest BCUT2D eigenvalue weighted by Crippen LogP contribution is 2.29. The lowest BCUT2D eigenvalue weighted by atomic mass is 10.1. The average Bonchev–Trinajstić information content (AvgIpc) is 3.40. The SMILES string of the molecule is CCCCc1cc(NC(=O)Nc2ccc(OCc3ccnc(NC(=O)COC)c3)c(C)c2C)n(-c2ccc(OC)cc2)n1. The zero-order valence-corrected chi connectivity index (χ0v) is 25.2. The number of urea groups is 1. The van der Waals surface area contributed by atoms with Crippen LogP contribution in [0.15, 0.2) is 60.8 Å². The maximum absolute atomic E-state index is 13.1. The third kappa shape index (κ3) is 8.32. The van der Waals surface area contributed by atoms with Gasteiger partial charge in [-0.25, -0.2) is 14.5 Å². The first-order valence-electron chi connectivity index (χ1n) is 14.1. The van der Waals surface area contributed by atoms with Gasteiger partial charge in [-0.05, 0) is 91.9 Å². The molecular weight excluding hydrogens is 548 g/mol. The van der Waals surface area contributed by atoms with Crippen LogP contribution in [-0.2, 0) is 22.6 Å². The van der Waals surface area contributed by atoms with Crippen LogP contribution in [0.4, 0.5) is 22.1 Å². The number of methoxy groups -OCH3 is 2. The molecule has 3 amide bonds. The van der Waals surface area contributed by atoms with Gasteiger partial charge in [-0.3, -0.25) is 10.1 Å². The Balaban J connectivity index is 1.43. The van der Waals surface area contributed by atoms with E-state index in [9.17, 15) is 9.59 Å². The summed E-state index contributed by atoms with van der Waals surface area (Å²) in [5.41, 5.74) is 4.99. The predicted octanol–water partition coefficient (Wildman–Crippen LogP) is 6.04. The summed E-state index contributed by atoms with van der Waals surface area (Å²) in [6.07, 6.45) is 4.48. The number of amides is 3. The fraction of sp³-hybridized carbons (Fsp3) is 0.312. The molecule has 2 aromatic heterocycles. The molecule has 0 unspecified atom stereocenters. The van der Waals surface area contributed by atoms with Crippen LogP contribution in [0.5, 0.6) is 11.5 Å². The number of aryl methyl sites for hydroxylation is 1. The average molecular weight is 587 g/mol. The molecule has 0 atom stereocenters. The van der Waals surface area contributed by atoms with E-state index in [1.54, 1.807) is 24.1 Å². The first-order chi connectivity index (χ1) is 20.8. The van der Waals surface area contributed by atoms with Gasteiger partial charge < -0.3 is 24.8 Å². The molecule has 0 bridgehead atoms. The second kappa shape index (κ2) is 14.8. The summed E-state index contributed by atoms with van der Waals surface area (Å²) in [7, 11) is 3.08. The van der Waals surface area contributed by atoms with Gasteiger partial charge in [0, 0.05) is 25.1 Å². The van der Waals surface area contributed by atoms with Crippen molar-refractivity contribution in [2.24, 2.45) is 0 Å². The van der Waals surface area contributed by atoms with Crippen molar-refractivity contribution in [2.75, 3.05) is 36.8 Å². The number of carbonyl (C=O) groups excluding carboxylic acids is 2. The van der Waals surface area contributed by atoms with E-state index in [4.69, 9.17) is 19.3 Å². The van der Waals surface area contributed by atoms with Crippen molar-refractivity contribution in [1.29, 1.82) is 0 Å². The van der Waals surface area contributed by atoms with E-state index >= 15 is 0 Å². The van der Waals surface area contributed by atoms with E-state index in [-0.39, 0.29) is 25.2 Å². The third-order valence-electron chi connectivity index (χ3n) is 6.85. The van der Waals surface area contributed by atoms with Crippen molar-refractivity contribution in [1.82, 2.24) is 14.8 Å². The van der Waals surface area contributed by atoms with Gasteiger partial charge in [-0.15, -0.1) is 0 Å². The highest BCUT2D eigenvalue weighted by atomic mass is 16.5. The summed E-state index contributed by atoms with van der Waals surface area (Å²) in [5, 5.41) is 13.3. The van der Waals surface area contributed by atoms with Crippen LogP contribution in [-0.4, -0.2) is 47.5 Å². The molecule has 0 fully saturated rings. The molecule has 43 heavy (non-hydrogen) atoms. The van der Waals surface area contributed by atoms with Crippen LogP contribution in [0, 0.1) is 13.8 Å². The minimum absolute atomic E-state index is 0.0500. The number of pyridine rings is 1. The number of ether oxygens (including phenoxy) is 3. The summed E-state index contributed by atoms with van der Waals surface area (Å²) < 4.78 is 17.9. The number of anilines is 3. The van der Waals surface area contributed by atoms with Gasteiger partial charge in [0.25, 0.3) is 5.91 Å². The molecule has 0 aliphatic heterocycles. The molecule has 0 spiro atoms. The van der Waals surface area contributed by atoms with Crippen molar-refractivity contribution in [3.63, 3.8) is 0 Å². The number of nitrogens with one attached hydrogen (secondary N) is 3. The first-order valence-corrected chi connectivity index (χ1v) is 14.1. The highest BCUT2D eigenvalue weighted by Gasteiger charge is 2.15. The number of rotatable bonds is 13. The Morgan fingerprint density at radius 2 is 1.72 bits per heavy atom. The molecule has 2 heterocycles. The van der Waals surface area contributed by atoms with Crippen LogP contribution < -0.4 is 25.4 Å². The Morgan fingerprint density at radius 1 is 0.930 bits per heavy atom. The van der Waals surface area contributed by atoms with E-state index < -0.39 is 0 Å². The van der Waals surface area contributed by atoms with Gasteiger partial charge in [0.2, 0.25) is 0 Å². The third-order valence-corrected chi connectivity index (χ3v) is 6.85. The molecular formula is C32H38N6O5. The van der Waals surface area contributed by atoms with Crippen molar-refractivity contribution in [3.05, 3.63) is 83.2 Å². The maximum Gasteiger partial charge on any atom is 0.324 e. The van der Waals surface area contributed by atoms with Crippen molar-refractivity contribution in [3.8, 4) is 17.2 Å². The van der Waals surface area contributed by atoms with E-state index in [0.717, 1.165) is 53.1 Å². The van der Waals surface area contributed by atoms with E-state index in [1.807, 2.05) is 62.4 Å². The van der Waals surface area contributed by atoms with Crippen LogP contribution >= 0.6 is 0 Å². The Kier molecular flexibility index (Phi) is 10.7. The Bertz CT molecular complexity index is 1550.